The van der Waals surface area contributed by atoms with Crippen LogP contribution in [0, 0.1) is 5.92 Å². The van der Waals surface area contributed by atoms with Crippen molar-refractivity contribution in [2.24, 2.45) is 11.7 Å². The van der Waals surface area contributed by atoms with Crippen LogP contribution in [0.2, 0.25) is 0 Å². The van der Waals surface area contributed by atoms with Crippen LogP contribution in [0.3, 0.4) is 0 Å². The van der Waals surface area contributed by atoms with Crippen molar-refractivity contribution in [1.29, 1.82) is 0 Å². The molecule has 1 aromatic heterocycles. The quantitative estimate of drug-likeness (QED) is 0.834. The molecule has 0 aromatic carbocycles. The van der Waals surface area contributed by atoms with E-state index in [1.165, 1.54) is 11.3 Å². The highest BCUT2D eigenvalue weighted by atomic mass is 32.1. The van der Waals surface area contributed by atoms with Crippen LogP contribution in [0.15, 0.2) is 5.38 Å². The van der Waals surface area contributed by atoms with E-state index >= 15 is 0 Å². The first-order valence-electron chi connectivity index (χ1n) is 5.78. The Morgan fingerprint density at radius 3 is 2.67 bits per heavy atom. The van der Waals surface area contributed by atoms with E-state index in [1.807, 2.05) is 0 Å². The lowest BCUT2D eigenvalue weighted by atomic mass is 9.97. The van der Waals surface area contributed by atoms with E-state index in [0.29, 0.717) is 38.2 Å². The lowest BCUT2D eigenvalue weighted by Crippen LogP contribution is -2.40. The third-order valence-corrected chi connectivity index (χ3v) is 3.95. The van der Waals surface area contributed by atoms with Crippen LogP contribution in [0.1, 0.15) is 28.3 Å². The molecule has 2 rings (SSSR count). The molecule has 3 N–H and O–H groups in total. The molecule has 7 heteroatoms. The summed E-state index contributed by atoms with van der Waals surface area (Å²) in [4.78, 5) is 28.7. The van der Waals surface area contributed by atoms with Gasteiger partial charge in [-0.1, -0.05) is 0 Å². The van der Waals surface area contributed by atoms with Crippen LogP contribution in [-0.2, 0) is 11.3 Å². The Labute approximate surface area is 108 Å². The number of carbonyl (C=O) groups excluding carboxylic acids is 1. The lowest BCUT2D eigenvalue weighted by Gasteiger charge is -2.29. The number of aliphatic carboxylic acids is 1. The molecule has 1 aromatic rings. The van der Waals surface area contributed by atoms with Gasteiger partial charge in [-0.25, -0.2) is 4.98 Å². The molecule has 0 aliphatic carbocycles. The van der Waals surface area contributed by atoms with Crippen molar-refractivity contribution in [3.63, 3.8) is 0 Å². The number of carbonyl (C=O) groups is 2. The van der Waals surface area contributed by atoms with Crippen LogP contribution in [0.4, 0.5) is 0 Å². The van der Waals surface area contributed by atoms with Gasteiger partial charge in [0.05, 0.1) is 5.92 Å². The van der Waals surface area contributed by atoms with Crippen LogP contribution in [0.25, 0.3) is 0 Å². The Morgan fingerprint density at radius 2 is 2.17 bits per heavy atom. The fraction of sp³-hybridized carbons (Fsp3) is 0.545. The first-order valence-corrected chi connectivity index (χ1v) is 6.66. The number of carboxylic acids is 1. The molecule has 1 aliphatic rings. The van der Waals surface area contributed by atoms with Gasteiger partial charge < -0.3 is 15.7 Å². The molecular formula is C11H15N3O3S. The van der Waals surface area contributed by atoms with Crippen molar-refractivity contribution in [2.75, 3.05) is 13.1 Å². The van der Waals surface area contributed by atoms with Gasteiger partial charge >= 0.3 is 5.97 Å². The monoisotopic (exact) mass is 269 g/mol. The van der Waals surface area contributed by atoms with Crippen LogP contribution >= 0.6 is 11.3 Å². The summed E-state index contributed by atoms with van der Waals surface area (Å²) in [5.41, 5.74) is 5.86. The summed E-state index contributed by atoms with van der Waals surface area (Å²) in [5, 5.41) is 11.3. The Bertz CT molecular complexity index is 452. The van der Waals surface area contributed by atoms with Gasteiger partial charge in [0.15, 0.2) is 0 Å². The molecule has 6 nitrogen and oxygen atoms in total. The molecular weight excluding hydrogens is 254 g/mol. The summed E-state index contributed by atoms with van der Waals surface area (Å²) < 4.78 is 0. The Morgan fingerprint density at radius 1 is 1.50 bits per heavy atom. The number of aromatic nitrogens is 1. The van der Waals surface area contributed by atoms with Crippen LogP contribution in [0.5, 0.6) is 0 Å². The minimum atomic E-state index is -0.777. The largest absolute Gasteiger partial charge is 0.481 e. The second kappa shape index (κ2) is 5.45. The highest BCUT2D eigenvalue weighted by Crippen LogP contribution is 2.19. The summed E-state index contributed by atoms with van der Waals surface area (Å²) >= 11 is 1.37. The minimum Gasteiger partial charge on any atom is -0.481 e. The number of hydrogen-bond acceptors (Lipinski definition) is 5. The van der Waals surface area contributed by atoms with Crippen molar-refractivity contribution in [2.45, 2.75) is 19.4 Å². The standard InChI is InChI=1S/C11H15N3O3S/c12-5-9-13-8(6-18-9)10(15)14-3-1-7(2-4-14)11(16)17/h6-7H,1-5,12H2,(H,16,17). The fourth-order valence-corrected chi connectivity index (χ4v) is 2.64. The average molecular weight is 269 g/mol. The maximum Gasteiger partial charge on any atom is 0.306 e. The molecule has 0 spiro atoms. The van der Waals surface area contributed by atoms with Crippen molar-refractivity contribution < 1.29 is 14.7 Å². The summed E-state index contributed by atoms with van der Waals surface area (Å²) in [6.07, 6.45) is 1.02. The van der Waals surface area contributed by atoms with Crippen LogP contribution < -0.4 is 5.73 Å². The molecule has 98 valence electrons. The summed E-state index contributed by atoms with van der Waals surface area (Å²) in [7, 11) is 0. The molecule has 1 saturated heterocycles. The third kappa shape index (κ3) is 2.68. The highest BCUT2D eigenvalue weighted by Gasteiger charge is 2.28. The molecule has 0 saturated carbocycles. The number of hydrogen-bond donors (Lipinski definition) is 2. The third-order valence-electron chi connectivity index (χ3n) is 3.08. The molecule has 0 radical (unpaired) electrons. The van der Waals surface area contributed by atoms with E-state index in [9.17, 15) is 9.59 Å². The molecule has 1 amide bonds. The molecule has 18 heavy (non-hydrogen) atoms. The summed E-state index contributed by atoms with van der Waals surface area (Å²) in [5.74, 6) is -1.24. The highest BCUT2D eigenvalue weighted by molar-refractivity contribution is 7.09. The Hall–Kier alpha value is -1.47. The normalized spacial score (nSPS) is 16.8. The second-order valence-electron chi connectivity index (χ2n) is 4.24. The van der Waals surface area contributed by atoms with E-state index in [0.717, 1.165) is 5.01 Å². The number of rotatable bonds is 3. The molecule has 2 heterocycles. The van der Waals surface area contributed by atoms with Gasteiger partial charge in [-0.15, -0.1) is 11.3 Å². The second-order valence-corrected chi connectivity index (χ2v) is 5.18. The van der Waals surface area contributed by atoms with Crippen molar-refractivity contribution >= 4 is 23.2 Å². The molecule has 0 atom stereocenters. The molecule has 1 fully saturated rings. The number of thiazole rings is 1. The van der Waals surface area contributed by atoms with Gasteiger partial charge in [0, 0.05) is 25.0 Å². The number of nitrogens with zero attached hydrogens (tertiary/aromatic N) is 2. The van der Waals surface area contributed by atoms with E-state index in [-0.39, 0.29) is 11.8 Å². The number of carboxylic acid groups (broad SMARTS) is 1. The lowest BCUT2D eigenvalue weighted by molar-refractivity contribution is -0.143. The minimum absolute atomic E-state index is 0.130. The molecule has 0 unspecified atom stereocenters. The van der Waals surface area contributed by atoms with Gasteiger partial charge in [0.25, 0.3) is 5.91 Å². The smallest absolute Gasteiger partial charge is 0.306 e. The zero-order chi connectivity index (χ0) is 13.1. The zero-order valence-electron chi connectivity index (χ0n) is 9.83. The first-order chi connectivity index (χ1) is 8.61. The number of amides is 1. The van der Waals surface area contributed by atoms with E-state index in [2.05, 4.69) is 4.98 Å². The summed E-state index contributed by atoms with van der Waals surface area (Å²) in [6, 6.07) is 0. The van der Waals surface area contributed by atoms with Crippen molar-refractivity contribution in [3.8, 4) is 0 Å². The Kier molecular flexibility index (Phi) is 3.93. The van der Waals surface area contributed by atoms with E-state index in [4.69, 9.17) is 10.8 Å². The SMILES string of the molecule is NCc1nc(C(=O)N2CCC(C(=O)O)CC2)cs1. The van der Waals surface area contributed by atoms with Crippen molar-refractivity contribution in [1.82, 2.24) is 9.88 Å². The fourth-order valence-electron chi connectivity index (χ4n) is 1.99. The maximum absolute atomic E-state index is 12.1. The predicted octanol–water partition coefficient (Wildman–Crippen LogP) is 0.539. The maximum atomic E-state index is 12.1. The zero-order valence-corrected chi connectivity index (χ0v) is 10.7. The van der Waals surface area contributed by atoms with Gasteiger partial charge in [-0.05, 0) is 12.8 Å². The average Bonchev–Trinajstić information content (AvgIpc) is 2.86. The first kappa shape index (κ1) is 13.0. The van der Waals surface area contributed by atoms with Gasteiger partial charge in [-0.2, -0.15) is 0 Å². The van der Waals surface area contributed by atoms with E-state index < -0.39 is 5.97 Å². The molecule has 0 bridgehead atoms. The van der Waals surface area contributed by atoms with Gasteiger partial charge in [-0.3, -0.25) is 9.59 Å². The Balaban J connectivity index is 1.97. The number of nitrogens with two attached hydrogens (primary N) is 1. The van der Waals surface area contributed by atoms with Crippen LogP contribution in [-0.4, -0.2) is 40.0 Å². The number of piperidine rings is 1. The van der Waals surface area contributed by atoms with E-state index in [1.54, 1.807) is 10.3 Å². The number of likely N-dealkylation sites (tertiary alicyclic amines) is 1. The summed E-state index contributed by atoms with van der Waals surface area (Å²) in [6.45, 7) is 1.29. The van der Waals surface area contributed by atoms with Crippen molar-refractivity contribution in [3.05, 3.63) is 16.1 Å². The predicted molar refractivity (Wildman–Crippen MR) is 66.3 cm³/mol. The molecule has 1 aliphatic heterocycles. The van der Waals surface area contributed by atoms with Gasteiger partial charge in [0.1, 0.15) is 10.7 Å². The van der Waals surface area contributed by atoms with Gasteiger partial charge in [0.2, 0.25) is 0 Å². The topological polar surface area (TPSA) is 96.5 Å².